The van der Waals surface area contributed by atoms with Gasteiger partial charge in [-0.2, -0.15) is 0 Å². The molecule has 1 amide bonds. The Bertz CT molecular complexity index is 749. The highest BCUT2D eigenvalue weighted by Crippen LogP contribution is 2.44. The van der Waals surface area contributed by atoms with Gasteiger partial charge in [0.05, 0.1) is 5.92 Å². The van der Waals surface area contributed by atoms with Crippen molar-refractivity contribution in [2.24, 2.45) is 5.92 Å². The molecular formula is C19H25N5OS. The molecule has 2 aliphatic heterocycles. The third kappa shape index (κ3) is 3.64. The van der Waals surface area contributed by atoms with E-state index < -0.39 is 0 Å². The Balaban J connectivity index is 1.32. The molecule has 2 N–H and O–H groups in total. The Morgan fingerprint density at radius 1 is 1.38 bits per heavy atom. The van der Waals surface area contributed by atoms with Crippen LogP contribution in [0.25, 0.3) is 0 Å². The van der Waals surface area contributed by atoms with Gasteiger partial charge in [-0.1, -0.05) is 42.1 Å². The van der Waals surface area contributed by atoms with Crippen molar-refractivity contribution in [3.8, 4) is 0 Å². The molecule has 0 bridgehead atoms. The number of aryl methyl sites for hydroxylation is 1. The lowest BCUT2D eigenvalue weighted by Gasteiger charge is -2.24. The van der Waals surface area contributed by atoms with Crippen LogP contribution in [0.3, 0.4) is 0 Å². The van der Waals surface area contributed by atoms with E-state index in [1.54, 1.807) is 11.8 Å². The van der Waals surface area contributed by atoms with E-state index >= 15 is 0 Å². The molecule has 0 saturated carbocycles. The largest absolute Gasteiger partial charge is 0.355 e. The minimum absolute atomic E-state index is 0.0958. The number of benzene rings is 1. The summed E-state index contributed by atoms with van der Waals surface area (Å²) in [5.41, 5.74) is 1.34. The van der Waals surface area contributed by atoms with Crippen molar-refractivity contribution in [3.05, 3.63) is 41.7 Å². The lowest BCUT2D eigenvalue weighted by molar-refractivity contribution is -0.125. The van der Waals surface area contributed by atoms with Gasteiger partial charge in [0.15, 0.2) is 0 Å². The van der Waals surface area contributed by atoms with E-state index in [1.807, 2.05) is 6.92 Å². The number of carbonyl (C=O) groups is 1. The molecule has 0 spiro atoms. The van der Waals surface area contributed by atoms with E-state index in [0.717, 1.165) is 36.1 Å². The van der Waals surface area contributed by atoms with Crippen molar-refractivity contribution >= 4 is 17.7 Å². The van der Waals surface area contributed by atoms with Crippen molar-refractivity contribution in [1.29, 1.82) is 0 Å². The van der Waals surface area contributed by atoms with E-state index in [0.29, 0.717) is 18.6 Å². The zero-order valence-electron chi connectivity index (χ0n) is 15.0. The summed E-state index contributed by atoms with van der Waals surface area (Å²) >= 11 is 1.56. The molecule has 2 aromatic rings. The van der Waals surface area contributed by atoms with Gasteiger partial charge in [0.2, 0.25) is 11.1 Å². The molecule has 1 aromatic heterocycles. The van der Waals surface area contributed by atoms with Crippen molar-refractivity contribution in [1.82, 2.24) is 25.4 Å². The molecule has 2 fully saturated rings. The van der Waals surface area contributed by atoms with Crippen molar-refractivity contribution in [2.45, 2.75) is 43.4 Å². The zero-order chi connectivity index (χ0) is 17.9. The molecule has 6 nitrogen and oxygen atoms in total. The number of H-pyrrole nitrogens is 1. The molecular weight excluding hydrogens is 346 g/mol. The molecule has 0 unspecified atom stereocenters. The van der Waals surface area contributed by atoms with E-state index in [9.17, 15) is 4.79 Å². The first-order valence-corrected chi connectivity index (χ1v) is 10.3. The Kier molecular flexibility index (Phi) is 5.26. The van der Waals surface area contributed by atoms with Crippen LogP contribution in [0.4, 0.5) is 0 Å². The van der Waals surface area contributed by atoms with E-state index in [2.05, 4.69) is 55.7 Å². The smallest absolute Gasteiger partial charge is 0.224 e. The van der Waals surface area contributed by atoms with Gasteiger partial charge in [-0.15, -0.1) is 5.10 Å². The molecule has 2 aliphatic rings. The maximum Gasteiger partial charge on any atom is 0.224 e. The fourth-order valence-electron chi connectivity index (χ4n) is 4.29. The normalized spacial score (nSPS) is 25.3. The predicted octanol–water partition coefficient (Wildman–Crippen LogP) is 2.55. The number of amides is 1. The van der Waals surface area contributed by atoms with E-state index in [1.165, 1.54) is 12.0 Å². The Morgan fingerprint density at radius 3 is 3.00 bits per heavy atom. The first-order chi connectivity index (χ1) is 12.7. The van der Waals surface area contributed by atoms with Crippen LogP contribution in [-0.2, 0) is 4.79 Å². The maximum atomic E-state index is 12.8. The number of nitrogens with zero attached hydrogens (tertiary/aromatic N) is 3. The lowest BCUT2D eigenvalue weighted by atomic mass is 9.93. The fraction of sp³-hybridized carbons (Fsp3) is 0.526. The van der Waals surface area contributed by atoms with Gasteiger partial charge in [-0.3, -0.25) is 14.8 Å². The molecule has 4 rings (SSSR count). The standard InChI is InChI=1S/C19H25N5OS/c1-13-21-19(23-22-13)26-11-9-20-18(25)15-12-17(14-6-3-2-4-7-14)24-10-5-8-16(15)24/h2-4,6-7,15-17H,5,8-12H2,1H3,(H,20,25)(H,21,22,23)/t15-,16+,17-/m0/s1. The summed E-state index contributed by atoms with van der Waals surface area (Å²) in [6.45, 7) is 3.64. The van der Waals surface area contributed by atoms with Crippen LogP contribution in [0.2, 0.25) is 0 Å². The molecule has 0 aliphatic carbocycles. The quantitative estimate of drug-likeness (QED) is 0.603. The highest BCUT2D eigenvalue weighted by Gasteiger charge is 2.46. The molecule has 3 heterocycles. The average molecular weight is 372 g/mol. The van der Waals surface area contributed by atoms with Crippen LogP contribution < -0.4 is 5.32 Å². The second-order valence-corrected chi connectivity index (χ2v) is 8.12. The number of aromatic nitrogens is 3. The van der Waals surface area contributed by atoms with Gasteiger partial charge in [0.25, 0.3) is 0 Å². The first kappa shape index (κ1) is 17.5. The molecule has 0 radical (unpaired) electrons. The van der Waals surface area contributed by atoms with Crippen LogP contribution in [-0.4, -0.2) is 50.9 Å². The molecule has 2 saturated heterocycles. The summed E-state index contributed by atoms with van der Waals surface area (Å²) in [7, 11) is 0. The average Bonchev–Trinajstić information content (AvgIpc) is 3.36. The molecule has 26 heavy (non-hydrogen) atoms. The number of aromatic amines is 1. The van der Waals surface area contributed by atoms with Crippen molar-refractivity contribution in [2.75, 3.05) is 18.8 Å². The summed E-state index contributed by atoms with van der Waals surface area (Å²) in [6.07, 6.45) is 3.25. The summed E-state index contributed by atoms with van der Waals surface area (Å²) in [4.78, 5) is 19.6. The highest BCUT2D eigenvalue weighted by molar-refractivity contribution is 7.99. The maximum absolute atomic E-state index is 12.8. The highest BCUT2D eigenvalue weighted by atomic mass is 32.2. The Labute approximate surface area is 158 Å². The van der Waals surface area contributed by atoms with E-state index in [4.69, 9.17) is 0 Å². The van der Waals surface area contributed by atoms with Crippen LogP contribution >= 0.6 is 11.8 Å². The second-order valence-electron chi connectivity index (χ2n) is 7.06. The van der Waals surface area contributed by atoms with Gasteiger partial charge < -0.3 is 5.32 Å². The minimum Gasteiger partial charge on any atom is -0.355 e. The molecule has 1 aromatic carbocycles. The van der Waals surface area contributed by atoms with Crippen LogP contribution in [0.5, 0.6) is 0 Å². The van der Waals surface area contributed by atoms with Gasteiger partial charge in [0.1, 0.15) is 5.82 Å². The van der Waals surface area contributed by atoms with Gasteiger partial charge in [-0.25, -0.2) is 4.98 Å². The van der Waals surface area contributed by atoms with Gasteiger partial charge in [0, 0.05) is 24.4 Å². The van der Waals surface area contributed by atoms with Crippen LogP contribution in [0, 0.1) is 12.8 Å². The molecule has 138 valence electrons. The predicted molar refractivity (Wildman–Crippen MR) is 102 cm³/mol. The molecule has 7 heteroatoms. The summed E-state index contributed by atoms with van der Waals surface area (Å²) in [5, 5.41) is 10.8. The zero-order valence-corrected chi connectivity index (χ0v) is 15.8. The monoisotopic (exact) mass is 371 g/mol. The van der Waals surface area contributed by atoms with Crippen molar-refractivity contribution in [3.63, 3.8) is 0 Å². The van der Waals surface area contributed by atoms with Gasteiger partial charge in [-0.05, 0) is 38.3 Å². The lowest BCUT2D eigenvalue weighted by Crippen LogP contribution is -2.38. The van der Waals surface area contributed by atoms with E-state index in [-0.39, 0.29) is 11.8 Å². The van der Waals surface area contributed by atoms with Crippen LogP contribution in [0.15, 0.2) is 35.5 Å². The van der Waals surface area contributed by atoms with Crippen molar-refractivity contribution < 1.29 is 4.79 Å². The third-order valence-corrected chi connectivity index (χ3v) is 6.26. The SMILES string of the molecule is Cc1nc(SCCNC(=O)[C@H]2C[C@@H](c3ccccc3)N3CCC[C@H]23)n[nH]1. The number of thioether (sulfide) groups is 1. The topological polar surface area (TPSA) is 73.9 Å². The number of rotatable bonds is 6. The number of fused-ring (bicyclic) bond motifs is 1. The van der Waals surface area contributed by atoms with Gasteiger partial charge >= 0.3 is 0 Å². The fourth-order valence-corrected chi connectivity index (χ4v) is 4.98. The minimum atomic E-state index is 0.0958. The number of nitrogens with one attached hydrogen (secondary N) is 2. The third-order valence-electron chi connectivity index (χ3n) is 5.41. The Morgan fingerprint density at radius 2 is 2.23 bits per heavy atom. The summed E-state index contributed by atoms with van der Waals surface area (Å²) in [6, 6.07) is 11.4. The second kappa shape index (κ2) is 7.80. The summed E-state index contributed by atoms with van der Waals surface area (Å²) < 4.78 is 0. The first-order valence-electron chi connectivity index (χ1n) is 9.32. The molecule has 3 atom stereocenters. The van der Waals surface area contributed by atoms with Crippen LogP contribution in [0.1, 0.15) is 36.7 Å². The number of carbonyl (C=O) groups excluding carboxylic acids is 1. The number of hydrogen-bond acceptors (Lipinski definition) is 5. The summed E-state index contributed by atoms with van der Waals surface area (Å²) in [5.74, 6) is 1.90. The Hall–Kier alpha value is -1.86. The number of hydrogen-bond donors (Lipinski definition) is 2.